The molecule has 0 rings (SSSR count). The fourth-order valence-electron chi connectivity index (χ4n) is 0.321. The number of rotatable bonds is 3. The molecule has 0 aliphatic heterocycles. The number of hydrogen-bond acceptors (Lipinski definition) is 3. The van der Waals surface area contributed by atoms with E-state index in [4.69, 9.17) is 0 Å². The van der Waals surface area contributed by atoms with Crippen molar-refractivity contribution in [2.45, 2.75) is 19.8 Å². The van der Waals surface area contributed by atoms with E-state index in [1.54, 1.807) is 0 Å². The summed E-state index contributed by atoms with van der Waals surface area (Å²) in [5, 5.41) is 0. The SMILES string of the molecule is CCCCS(=O)(=O)[O-].[K+]. The van der Waals surface area contributed by atoms with E-state index in [9.17, 15) is 13.0 Å². The van der Waals surface area contributed by atoms with E-state index >= 15 is 0 Å². The third-order valence-electron chi connectivity index (χ3n) is 0.748. The maximum absolute atomic E-state index is 9.83. The van der Waals surface area contributed by atoms with Crippen LogP contribution in [0.3, 0.4) is 0 Å². The Morgan fingerprint density at radius 3 is 2.00 bits per heavy atom. The molecule has 0 aromatic rings. The predicted octanol–water partition coefficient (Wildman–Crippen LogP) is -2.66. The zero-order valence-corrected chi connectivity index (χ0v) is 9.69. The van der Waals surface area contributed by atoms with Gasteiger partial charge in [-0.3, -0.25) is 0 Å². The van der Waals surface area contributed by atoms with Crippen molar-refractivity contribution >= 4 is 10.1 Å². The molecule has 9 heavy (non-hydrogen) atoms. The molecule has 0 spiro atoms. The maximum Gasteiger partial charge on any atom is 1.00 e. The average molecular weight is 176 g/mol. The van der Waals surface area contributed by atoms with Gasteiger partial charge in [0.2, 0.25) is 0 Å². The van der Waals surface area contributed by atoms with Crippen molar-refractivity contribution in [1.82, 2.24) is 0 Å². The summed E-state index contributed by atoms with van der Waals surface area (Å²) in [6, 6.07) is 0. The van der Waals surface area contributed by atoms with Crippen molar-refractivity contribution < 1.29 is 64.4 Å². The van der Waals surface area contributed by atoms with Crippen LogP contribution in [0.4, 0.5) is 0 Å². The molecule has 50 valence electrons. The molecular formula is C4H9KO3S. The zero-order valence-electron chi connectivity index (χ0n) is 5.75. The van der Waals surface area contributed by atoms with Crippen LogP contribution in [0.1, 0.15) is 19.8 Å². The minimum atomic E-state index is -3.94. The first-order valence-electron chi connectivity index (χ1n) is 2.50. The van der Waals surface area contributed by atoms with Gasteiger partial charge in [0.05, 0.1) is 10.1 Å². The van der Waals surface area contributed by atoms with Crippen molar-refractivity contribution in [1.29, 1.82) is 0 Å². The second-order valence-corrected chi connectivity index (χ2v) is 3.14. The van der Waals surface area contributed by atoms with Crippen molar-refractivity contribution in [2.24, 2.45) is 0 Å². The first kappa shape index (κ1) is 13.2. The van der Waals surface area contributed by atoms with Crippen molar-refractivity contribution in [2.75, 3.05) is 5.75 Å². The van der Waals surface area contributed by atoms with E-state index in [2.05, 4.69) is 0 Å². The first-order valence-corrected chi connectivity index (χ1v) is 4.07. The Balaban J connectivity index is 0. The predicted molar refractivity (Wildman–Crippen MR) is 29.5 cm³/mol. The summed E-state index contributed by atoms with van der Waals surface area (Å²) in [5.74, 6) is -0.219. The van der Waals surface area contributed by atoms with E-state index in [0.29, 0.717) is 6.42 Å². The summed E-state index contributed by atoms with van der Waals surface area (Å²) >= 11 is 0. The first-order chi connectivity index (χ1) is 3.56. The molecule has 0 aromatic carbocycles. The third-order valence-corrected chi connectivity index (χ3v) is 1.54. The van der Waals surface area contributed by atoms with E-state index in [-0.39, 0.29) is 57.1 Å². The summed E-state index contributed by atoms with van der Waals surface area (Å²) in [6.45, 7) is 1.84. The number of unbranched alkanes of at least 4 members (excludes halogenated alkanes) is 1. The van der Waals surface area contributed by atoms with Crippen molar-refractivity contribution in [3.05, 3.63) is 0 Å². The molecule has 0 radical (unpaired) electrons. The van der Waals surface area contributed by atoms with Crippen LogP contribution in [0.5, 0.6) is 0 Å². The second-order valence-electron chi connectivity index (χ2n) is 1.62. The Hall–Kier alpha value is 1.55. The fraction of sp³-hybridized carbons (Fsp3) is 1.00. The smallest absolute Gasteiger partial charge is 0.748 e. The molecule has 0 aromatic heterocycles. The quantitative estimate of drug-likeness (QED) is 0.348. The van der Waals surface area contributed by atoms with Crippen LogP contribution < -0.4 is 51.4 Å². The molecule has 0 saturated heterocycles. The van der Waals surface area contributed by atoms with Gasteiger partial charge in [0.15, 0.2) is 0 Å². The molecule has 0 atom stereocenters. The topological polar surface area (TPSA) is 57.2 Å². The molecule has 0 bridgehead atoms. The molecule has 3 nitrogen and oxygen atoms in total. The summed E-state index contributed by atoms with van der Waals surface area (Å²) in [5.41, 5.74) is 0. The molecule has 0 aliphatic carbocycles. The van der Waals surface area contributed by atoms with E-state index in [1.165, 1.54) is 0 Å². The van der Waals surface area contributed by atoms with Crippen LogP contribution in [0.25, 0.3) is 0 Å². The standard InChI is InChI=1S/C4H10O3S.K/c1-2-3-4-8(5,6)7;/h2-4H2,1H3,(H,5,6,7);/q;+1/p-1. The number of hydrogen-bond donors (Lipinski definition) is 0. The fourth-order valence-corrected chi connectivity index (χ4v) is 0.963. The van der Waals surface area contributed by atoms with Gasteiger partial charge < -0.3 is 4.55 Å². The van der Waals surface area contributed by atoms with Crippen molar-refractivity contribution in [3.8, 4) is 0 Å². The van der Waals surface area contributed by atoms with Gasteiger partial charge >= 0.3 is 51.4 Å². The Kier molecular flexibility index (Phi) is 9.17. The summed E-state index contributed by atoms with van der Waals surface area (Å²) < 4.78 is 29.5. The van der Waals surface area contributed by atoms with Gasteiger partial charge in [-0.15, -0.1) is 0 Å². The van der Waals surface area contributed by atoms with Gasteiger partial charge in [-0.2, -0.15) is 0 Å². The van der Waals surface area contributed by atoms with Gasteiger partial charge in [0.25, 0.3) is 0 Å². The molecule has 0 unspecified atom stereocenters. The largest absolute Gasteiger partial charge is 1.00 e. The van der Waals surface area contributed by atoms with Crippen LogP contribution in [-0.2, 0) is 10.1 Å². The average Bonchev–Trinajstić information content (AvgIpc) is 1.59. The summed E-state index contributed by atoms with van der Waals surface area (Å²) in [7, 11) is -3.94. The van der Waals surface area contributed by atoms with Crippen molar-refractivity contribution in [3.63, 3.8) is 0 Å². The van der Waals surface area contributed by atoms with Gasteiger partial charge in [0.1, 0.15) is 0 Å². The van der Waals surface area contributed by atoms with E-state index in [1.807, 2.05) is 6.92 Å². The van der Waals surface area contributed by atoms with Gasteiger partial charge in [0, 0.05) is 5.75 Å². The molecule has 5 heteroatoms. The Labute approximate surface area is 98.4 Å². The Morgan fingerprint density at radius 2 is 1.89 bits per heavy atom. The maximum atomic E-state index is 9.83. The minimum absolute atomic E-state index is 0. The molecule has 0 saturated carbocycles. The monoisotopic (exact) mass is 176 g/mol. The van der Waals surface area contributed by atoms with Crippen LogP contribution >= 0.6 is 0 Å². The van der Waals surface area contributed by atoms with Gasteiger partial charge in [-0.05, 0) is 6.42 Å². The summed E-state index contributed by atoms with van der Waals surface area (Å²) in [4.78, 5) is 0. The summed E-state index contributed by atoms with van der Waals surface area (Å²) in [6.07, 6.45) is 1.23. The zero-order chi connectivity index (χ0) is 6.62. The second kappa shape index (κ2) is 6.27. The molecule has 0 amide bonds. The Bertz CT molecular complexity index is 140. The molecule has 0 aliphatic rings. The van der Waals surface area contributed by atoms with Gasteiger partial charge in [-0.1, -0.05) is 13.3 Å². The molecule has 0 heterocycles. The van der Waals surface area contributed by atoms with E-state index < -0.39 is 10.1 Å². The molecule has 0 fully saturated rings. The van der Waals surface area contributed by atoms with E-state index in [0.717, 1.165) is 6.42 Å². The van der Waals surface area contributed by atoms with Crippen LogP contribution in [0.15, 0.2) is 0 Å². The molecule has 0 N–H and O–H groups in total. The normalized spacial score (nSPS) is 10.4. The third kappa shape index (κ3) is 12.7. The van der Waals surface area contributed by atoms with Crippen LogP contribution in [-0.4, -0.2) is 18.7 Å². The van der Waals surface area contributed by atoms with Crippen LogP contribution in [0.2, 0.25) is 0 Å². The van der Waals surface area contributed by atoms with Gasteiger partial charge in [-0.25, -0.2) is 8.42 Å². The minimum Gasteiger partial charge on any atom is -0.748 e. The molecular weight excluding hydrogens is 167 g/mol. The Morgan fingerprint density at radius 1 is 1.44 bits per heavy atom. The van der Waals surface area contributed by atoms with Crippen LogP contribution in [0, 0.1) is 0 Å².